The second-order valence-corrected chi connectivity index (χ2v) is 13.9. The predicted octanol–water partition coefficient (Wildman–Crippen LogP) is 3.75. The molecular formula is C20H37BrO7Si. The van der Waals surface area contributed by atoms with Crippen molar-refractivity contribution in [2.24, 2.45) is 17.3 Å². The summed E-state index contributed by atoms with van der Waals surface area (Å²) in [6, 6.07) is 0. The number of ether oxygens (including phenoxy) is 4. The first-order valence-electron chi connectivity index (χ1n) is 10.0. The number of carbonyl (C=O) groups excluding carboxylic acids is 2. The van der Waals surface area contributed by atoms with E-state index in [-0.39, 0.29) is 24.9 Å². The molecule has 170 valence electrons. The van der Waals surface area contributed by atoms with Crippen molar-refractivity contribution in [2.45, 2.75) is 64.5 Å². The van der Waals surface area contributed by atoms with Gasteiger partial charge in [-0.25, -0.2) is 0 Å². The quantitative estimate of drug-likeness (QED) is 0.141. The Morgan fingerprint density at radius 3 is 2.14 bits per heavy atom. The van der Waals surface area contributed by atoms with Gasteiger partial charge in [0.15, 0.2) is 14.2 Å². The lowest BCUT2D eigenvalue weighted by atomic mass is 9.59. The van der Waals surface area contributed by atoms with Crippen molar-refractivity contribution in [3.8, 4) is 0 Å². The van der Waals surface area contributed by atoms with E-state index in [1.165, 1.54) is 14.2 Å². The van der Waals surface area contributed by atoms with Crippen LogP contribution in [0.5, 0.6) is 0 Å². The molecule has 1 aliphatic carbocycles. The Hall–Kier alpha value is -0.483. The van der Waals surface area contributed by atoms with E-state index in [0.717, 1.165) is 12.8 Å². The zero-order valence-corrected chi connectivity index (χ0v) is 21.4. The predicted molar refractivity (Wildman–Crippen MR) is 116 cm³/mol. The van der Waals surface area contributed by atoms with Crippen LogP contribution < -0.4 is 0 Å². The Morgan fingerprint density at radius 2 is 1.69 bits per heavy atom. The molecule has 1 fully saturated rings. The molecular weight excluding hydrogens is 460 g/mol. The number of carbonyl (C=O) groups is 2. The van der Waals surface area contributed by atoms with Crippen molar-refractivity contribution in [1.82, 2.24) is 0 Å². The Bertz CT molecular complexity index is 523. The van der Waals surface area contributed by atoms with E-state index in [2.05, 4.69) is 42.5 Å². The monoisotopic (exact) mass is 496 g/mol. The number of alkyl halides is 1. The fourth-order valence-electron chi connectivity index (χ4n) is 4.47. The average molecular weight is 497 g/mol. The Labute approximate surface area is 184 Å². The molecule has 1 saturated carbocycles. The van der Waals surface area contributed by atoms with E-state index >= 15 is 0 Å². The van der Waals surface area contributed by atoms with E-state index < -0.39 is 31.6 Å². The number of methoxy groups -OCH3 is 3. The van der Waals surface area contributed by atoms with Crippen LogP contribution in [0.4, 0.5) is 0 Å². The molecule has 0 unspecified atom stereocenters. The second kappa shape index (κ2) is 11.8. The van der Waals surface area contributed by atoms with E-state index in [4.69, 9.17) is 23.4 Å². The van der Waals surface area contributed by atoms with Crippen LogP contribution in [0.15, 0.2) is 0 Å². The third kappa shape index (κ3) is 7.31. The Morgan fingerprint density at radius 1 is 1.10 bits per heavy atom. The van der Waals surface area contributed by atoms with Gasteiger partial charge in [-0.3, -0.25) is 9.59 Å². The van der Waals surface area contributed by atoms with Gasteiger partial charge in [-0.15, -0.1) is 0 Å². The smallest absolute Gasteiger partial charge is 0.320 e. The maximum absolute atomic E-state index is 12.6. The molecule has 0 saturated heterocycles. The lowest BCUT2D eigenvalue weighted by molar-refractivity contribution is -0.182. The first kappa shape index (κ1) is 26.6. The van der Waals surface area contributed by atoms with E-state index in [9.17, 15) is 9.59 Å². The van der Waals surface area contributed by atoms with E-state index in [0.29, 0.717) is 18.2 Å². The number of hydrogen-bond acceptors (Lipinski definition) is 7. The first-order valence-corrected chi connectivity index (χ1v) is 14.6. The summed E-state index contributed by atoms with van der Waals surface area (Å²) in [5, 5.41) is 0.664. The van der Waals surface area contributed by atoms with Gasteiger partial charge in [0.2, 0.25) is 0 Å². The van der Waals surface area contributed by atoms with Crippen molar-refractivity contribution >= 4 is 36.2 Å². The van der Waals surface area contributed by atoms with Crippen LogP contribution >= 0.6 is 15.9 Å². The summed E-state index contributed by atoms with van der Waals surface area (Å²) in [4.78, 5) is 25.2. The summed E-state index contributed by atoms with van der Waals surface area (Å²) >= 11 is 3.58. The molecule has 9 heteroatoms. The Balaban J connectivity index is 3.34. The van der Waals surface area contributed by atoms with E-state index in [1.807, 2.05) is 0 Å². The number of halogens is 1. The third-order valence-electron chi connectivity index (χ3n) is 5.62. The molecule has 0 aromatic rings. The Kier molecular flexibility index (Phi) is 10.8. The minimum absolute atomic E-state index is 0.0585. The van der Waals surface area contributed by atoms with Gasteiger partial charge in [-0.05, 0) is 44.8 Å². The fraction of sp³-hybridized carbons (Fsp3) is 0.900. The zero-order valence-electron chi connectivity index (χ0n) is 18.8. The van der Waals surface area contributed by atoms with Crippen LogP contribution in [0.3, 0.4) is 0 Å². The average Bonchev–Trinajstić information content (AvgIpc) is 2.66. The van der Waals surface area contributed by atoms with E-state index in [1.54, 1.807) is 7.11 Å². The molecule has 0 bridgehead atoms. The molecule has 29 heavy (non-hydrogen) atoms. The zero-order chi connectivity index (χ0) is 22.2. The molecule has 0 amide bonds. The van der Waals surface area contributed by atoms with Crippen LogP contribution in [-0.4, -0.2) is 65.9 Å². The van der Waals surface area contributed by atoms with Gasteiger partial charge in [0, 0.05) is 17.9 Å². The maximum atomic E-state index is 12.6. The van der Waals surface area contributed by atoms with Gasteiger partial charge < -0.3 is 23.4 Å². The fourth-order valence-corrected chi connectivity index (χ4v) is 6.24. The van der Waals surface area contributed by atoms with Crippen LogP contribution in [0.2, 0.25) is 19.6 Å². The molecule has 0 spiro atoms. The van der Waals surface area contributed by atoms with Gasteiger partial charge >= 0.3 is 11.9 Å². The van der Waals surface area contributed by atoms with Crippen LogP contribution in [0.1, 0.15) is 32.6 Å². The summed E-state index contributed by atoms with van der Waals surface area (Å²) in [6.07, 6.45) is 2.79. The van der Waals surface area contributed by atoms with Gasteiger partial charge in [-0.2, -0.15) is 0 Å². The maximum Gasteiger partial charge on any atom is 0.320 e. The van der Waals surface area contributed by atoms with Crippen LogP contribution in [-0.2, 0) is 33.0 Å². The van der Waals surface area contributed by atoms with Gasteiger partial charge in [0.05, 0.1) is 26.4 Å². The largest absolute Gasteiger partial charge is 0.468 e. The summed E-state index contributed by atoms with van der Waals surface area (Å²) in [5.41, 5.74) is -0.498. The topological polar surface area (TPSA) is 80.3 Å². The third-order valence-corrected chi connectivity index (χ3v) is 7.39. The number of esters is 2. The van der Waals surface area contributed by atoms with Crippen LogP contribution in [0, 0.1) is 17.3 Å². The lowest BCUT2D eigenvalue weighted by Crippen LogP contribution is -2.53. The second-order valence-electron chi connectivity index (χ2n) is 8.84. The number of rotatable bonds is 11. The molecule has 0 N–H and O–H groups in total. The molecule has 4 atom stereocenters. The van der Waals surface area contributed by atoms with Crippen molar-refractivity contribution in [3.63, 3.8) is 0 Å². The molecule has 0 radical (unpaired) electrons. The normalized spacial score (nSPS) is 26.2. The van der Waals surface area contributed by atoms with Gasteiger partial charge in [0.1, 0.15) is 6.79 Å². The first-order chi connectivity index (χ1) is 13.5. The van der Waals surface area contributed by atoms with Crippen molar-refractivity contribution in [3.05, 3.63) is 0 Å². The number of hydrogen-bond donors (Lipinski definition) is 0. The molecule has 1 rings (SSSR count). The summed E-state index contributed by atoms with van der Waals surface area (Å²) in [6.45, 7) is 8.68. The highest BCUT2D eigenvalue weighted by atomic mass is 79.9. The highest BCUT2D eigenvalue weighted by Gasteiger charge is 2.53. The summed E-state index contributed by atoms with van der Waals surface area (Å²) in [5.74, 6) is -2.42. The molecule has 7 nitrogen and oxygen atoms in total. The molecule has 1 aliphatic rings. The molecule has 0 aromatic carbocycles. The molecule has 0 aromatic heterocycles. The SMILES string of the molecule is COCO[C@@H]1CCC[C@H](C(C(=O)OC)C(=O)OC)[C@@]1(C)C[C@@H](CBr)O[Si](C)(C)C. The lowest BCUT2D eigenvalue weighted by Gasteiger charge is -2.50. The standard InChI is InChI=1S/C20H37BrO7Si/c1-20(11-14(12-21)28-29(5,6)7)15(9-8-10-16(20)27-13-24-2)17(18(22)25-3)19(23)26-4/h14-17H,8-13H2,1-7H3/t14-,15+,16+,20+/m0/s1. The summed E-state index contributed by atoms with van der Waals surface area (Å²) in [7, 11) is 2.39. The van der Waals surface area contributed by atoms with Crippen molar-refractivity contribution in [1.29, 1.82) is 0 Å². The van der Waals surface area contributed by atoms with Crippen LogP contribution in [0.25, 0.3) is 0 Å². The molecule has 0 heterocycles. The highest BCUT2D eigenvalue weighted by molar-refractivity contribution is 9.09. The van der Waals surface area contributed by atoms with Crippen molar-refractivity contribution < 1.29 is 33.0 Å². The highest BCUT2D eigenvalue weighted by Crippen LogP contribution is 2.50. The van der Waals surface area contributed by atoms with Gasteiger partial charge in [-0.1, -0.05) is 29.3 Å². The minimum atomic E-state index is -1.79. The molecule has 0 aliphatic heterocycles. The minimum Gasteiger partial charge on any atom is -0.468 e. The van der Waals surface area contributed by atoms with Gasteiger partial charge in [0.25, 0.3) is 0 Å². The summed E-state index contributed by atoms with van der Waals surface area (Å²) < 4.78 is 27.5. The van der Waals surface area contributed by atoms with Crippen molar-refractivity contribution in [2.75, 3.05) is 33.5 Å².